The molecule has 0 radical (unpaired) electrons. The Morgan fingerprint density at radius 3 is 0.481 bits per heavy atom. The van der Waals surface area contributed by atoms with Gasteiger partial charge >= 0.3 is 5.97 Å². The third-order valence-corrected chi connectivity index (χ3v) is 13.3. The Labute approximate surface area is 633 Å². The highest BCUT2D eigenvalue weighted by Gasteiger charge is 2.14. The van der Waals surface area contributed by atoms with Crippen LogP contribution in [0.25, 0.3) is 0 Å². The van der Waals surface area contributed by atoms with Crippen molar-refractivity contribution in [3.63, 3.8) is 0 Å². The van der Waals surface area contributed by atoms with E-state index in [1.165, 1.54) is 0 Å². The Morgan fingerprint density at radius 1 is 0.198 bits per heavy atom. The van der Waals surface area contributed by atoms with E-state index in [0.29, 0.717) is 377 Å². The first-order valence-electron chi connectivity index (χ1n) is 37.8. The zero-order chi connectivity index (χ0) is 76.5. The highest BCUT2D eigenvalue weighted by Crippen LogP contribution is 2.05. The summed E-state index contributed by atoms with van der Waals surface area (Å²) in [4.78, 5) is 10.9. The van der Waals surface area contributed by atoms with E-state index in [1.807, 2.05) is 34.6 Å². The first kappa shape index (κ1) is 104. The van der Waals surface area contributed by atoms with E-state index >= 15 is 0 Å². The number of carbonyl (C=O) groups is 1. The van der Waals surface area contributed by atoms with Crippen LogP contribution in [0.4, 0.5) is 0 Å². The van der Waals surface area contributed by atoms with Crippen molar-refractivity contribution in [3.05, 3.63) is 25.3 Å². The van der Waals surface area contributed by atoms with Gasteiger partial charge in [0.2, 0.25) is 0 Å². The lowest BCUT2D eigenvalue weighted by molar-refractivity contribution is -0.139. The summed E-state index contributed by atoms with van der Waals surface area (Å²) in [6, 6.07) is 0. The van der Waals surface area contributed by atoms with E-state index in [4.69, 9.17) is 152 Å². The Kier molecular flexibility index (Phi) is 89.6. The van der Waals surface area contributed by atoms with Crippen LogP contribution in [0.2, 0.25) is 0 Å². The van der Waals surface area contributed by atoms with Gasteiger partial charge in [-0.2, -0.15) is 0 Å². The molecule has 106 heavy (non-hydrogen) atoms. The third-order valence-electron chi connectivity index (χ3n) is 13.3. The van der Waals surface area contributed by atoms with Crippen LogP contribution in [0.15, 0.2) is 25.3 Å². The van der Waals surface area contributed by atoms with Crippen LogP contribution in [-0.4, -0.2) is 420 Å². The number of hydrogen-bond donors (Lipinski definition) is 0. The molecule has 0 aromatic rings. The highest BCUT2D eigenvalue weighted by atomic mass is 16.6. The lowest BCUT2D eigenvalue weighted by atomic mass is 10.3. The van der Waals surface area contributed by atoms with Gasteiger partial charge in [0.05, 0.1) is 407 Å². The molecule has 0 heterocycles. The summed E-state index contributed by atoms with van der Waals surface area (Å²) in [5, 5.41) is 0. The summed E-state index contributed by atoms with van der Waals surface area (Å²) < 4.78 is 177. The summed E-state index contributed by atoms with van der Waals surface area (Å²) >= 11 is 0. The van der Waals surface area contributed by atoms with Gasteiger partial charge in [0, 0.05) is 6.08 Å². The average Bonchev–Trinajstić information content (AvgIpc) is 3.70. The molecule has 0 bridgehead atoms. The molecule has 0 saturated heterocycles. The molecule has 33 heteroatoms. The van der Waals surface area contributed by atoms with E-state index in [0.717, 1.165) is 6.08 Å². The fraction of sp³-hybridized carbons (Fsp3) is 0.932. The zero-order valence-electron chi connectivity index (χ0n) is 65.4. The van der Waals surface area contributed by atoms with Crippen molar-refractivity contribution in [1.82, 2.24) is 0 Å². The minimum atomic E-state index is -0.467. The fourth-order valence-corrected chi connectivity index (χ4v) is 7.68. The molecule has 0 amide bonds. The van der Waals surface area contributed by atoms with Crippen LogP contribution >= 0.6 is 0 Å². The first-order chi connectivity index (χ1) is 52.3. The minimum absolute atomic E-state index is 0.00351. The van der Waals surface area contributed by atoms with Crippen molar-refractivity contribution < 1.29 is 156 Å². The maximum atomic E-state index is 10.9. The molecule has 0 aromatic carbocycles. The number of ether oxygens (including phenoxy) is 32. The normalized spacial score (nSPS) is 13.2. The smallest absolute Gasteiger partial charge is 0.330 e. The second-order valence-corrected chi connectivity index (χ2v) is 22.8. The van der Waals surface area contributed by atoms with Crippen LogP contribution in [0, 0.1) is 0 Å². The number of hydrogen-bond acceptors (Lipinski definition) is 33. The summed E-state index contributed by atoms with van der Waals surface area (Å²) in [6.45, 7) is 43.9. The zero-order valence-corrected chi connectivity index (χ0v) is 65.4. The molecule has 632 valence electrons. The molecule has 0 fully saturated rings. The summed E-state index contributed by atoms with van der Waals surface area (Å²) in [5.41, 5.74) is 0. The van der Waals surface area contributed by atoms with Gasteiger partial charge in [0.1, 0.15) is 6.61 Å². The second-order valence-electron chi connectivity index (χ2n) is 22.8. The van der Waals surface area contributed by atoms with Crippen LogP contribution < -0.4 is 0 Å². The molecule has 0 aromatic heterocycles. The van der Waals surface area contributed by atoms with E-state index in [-0.39, 0.29) is 37.1 Å². The van der Waals surface area contributed by atoms with Crippen LogP contribution in [0.5, 0.6) is 0 Å². The number of rotatable bonds is 96. The molecule has 0 aliphatic rings. The maximum absolute atomic E-state index is 10.9. The van der Waals surface area contributed by atoms with Gasteiger partial charge < -0.3 is 152 Å². The van der Waals surface area contributed by atoms with Crippen molar-refractivity contribution >= 4 is 5.97 Å². The number of carbonyl (C=O) groups excluding carboxylic acids is 1. The SMILES string of the molecule is C=CCOC(C)COC(C)COC(C)COC(C)COC(C)COCCOCCOCCOCCOCCOCCOCCOCCOCCOCCOCCOCCOCCOCCOCCOCCOCCOCCOCCOCCOCCOCCOCCOCCOCCOCCOC(=O)C=C. The molecule has 0 spiro atoms. The quantitative estimate of drug-likeness (QED) is 0.0365. The van der Waals surface area contributed by atoms with E-state index in [1.54, 1.807) is 6.08 Å². The second kappa shape index (κ2) is 91.6. The molecule has 0 rings (SSSR count). The first-order valence-corrected chi connectivity index (χ1v) is 37.8. The van der Waals surface area contributed by atoms with Gasteiger partial charge in [-0.3, -0.25) is 0 Å². The van der Waals surface area contributed by atoms with E-state index in [9.17, 15) is 4.79 Å². The molecule has 5 atom stereocenters. The Morgan fingerprint density at radius 2 is 0.330 bits per heavy atom. The highest BCUT2D eigenvalue weighted by molar-refractivity contribution is 5.81. The standard InChI is InChI=1S/C73H142O33/c1-8-10-101-69(4)64-104-71(6)66-106-72(7)67-105-70(5)65-103-68(3)63-100-60-59-98-56-55-96-52-51-94-48-47-92-44-43-90-40-39-88-36-35-86-32-31-84-28-27-82-24-23-80-20-19-78-16-15-76-12-11-75-13-14-77-17-18-79-21-22-81-25-26-83-29-30-85-33-34-87-37-38-89-41-42-91-45-46-93-49-50-95-53-54-97-57-58-99-61-62-102-73(74)9-2/h8-9,68-72H,1-2,10-67H2,3-7H3. The predicted octanol–water partition coefficient (Wildman–Crippen LogP) is 3.36. The molecule has 0 N–H and O–H groups in total. The molecule has 0 aliphatic heterocycles. The third kappa shape index (κ3) is 90.6. The molecule has 5 unspecified atom stereocenters. The molecular weight excluding hydrogens is 1400 g/mol. The largest absolute Gasteiger partial charge is 0.460 e. The average molecular weight is 1550 g/mol. The molecule has 0 aliphatic carbocycles. The van der Waals surface area contributed by atoms with Gasteiger partial charge in [-0.25, -0.2) is 4.79 Å². The lowest BCUT2D eigenvalue weighted by Crippen LogP contribution is -2.29. The van der Waals surface area contributed by atoms with Crippen molar-refractivity contribution in [3.8, 4) is 0 Å². The Bertz CT molecular complexity index is 1690. The van der Waals surface area contributed by atoms with Crippen LogP contribution in [0.3, 0.4) is 0 Å². The van der Waals surface area contributed by atoms with Gasteiger partial charge in [0.25, 0.3) is 0 Å². The van der Waals surface area contributed by atoms with Crippen LogP contribution in [0.1, 0.15) is 34.6 Å². The molecule has 0 saturated carbocycles. The predicted molar refractivity (Wildman–Crippen MR) is 390 cm³/mol. The van der Waals surface area contributed by atoms with Gasteiger partial charge in [-0.15, -0.1) is 6.58 Å². The van der Waals surface area contributed by atoms with Gasteiger partial charge in [-0.1, -0.05) is 12.7 Å². The number of esters is 1. The Balaban J connectivity index is 3.17. The topological polar surface area (TPSA) is 312 Å². The summed E-state index contributed by atoms with van der Waals surface area (Å²) in [5.74, 6) is -0.467. The van der Waals surface area contributed by atoms with E-state index < -0.39 is 5.97 Å². The van der Waals surface area contributed by atoms with Crippen LogP contribution in [-0.2, 0) is 156 Å². The summed E-state index contributed by atoms with van der Waals surface area (Å²) in [6.07, 6.45) is 2.59. The van der Waals surface area contributed by atoms with Crippen molar-refractivity contribution in [1.29, 1.82) is 0 Å². The Hall–Kier alpha value is -2.29. The van der Waals surface area contributed by atoms with Gasteiger partial charge in [-0.05, 0) is 34.6 Å². The van der Waals surface area contributed by atoms with Crippen molar-refractivity contribution in [2.45, 2.75) is 65.1 Å². The maximum Gasteiger partial charge on any atom is 0.330 e. The summed E-state index contributed by atoms with van der Waals surface area (Å²) in [7, 11) is 0. The monoisotopic (exact) mass is 1550 g/mol. The fourth-order valence-electron chi connectivity index (χ4n) is 7.68. The molecule has 33 nitrogen and oxygen atoms in total. The van der Waals surface area contributed by atoms with Crippen molar-refractivity contribution in [2.75, 3.05) is 383 Å². The molecular formula is C73H142O33. The van der Waals surface area contributed by atoms with E-state index in [2.05, 4.69) is 13.2 Å². The minimum Gasteiger partial charge on any atom is -0.460 e. The van der Waals surface area contributed by atoms with Crippen molar-refractivity contribution in [2.24, 2.45) is 0 Å². The lowest BCUT2D eigenvalue weighted by Gasteiger charge is -2.22. The van der Waals surface area contributed by atoms with Gasteiger partial charge in [0.15, 0.2) is 0 Å².